The second kappa shape index (κ2) is 10.1. The molecule has 0 unspecified atom stereocenters. The zero-order valence-electron chi connectivity index (χ0n) is 11.1. The Labute approximate surface area is 125 Å². The summed E-state index contributed by atoms with van der Waals surface area (Å²) in [5, 5.41) is 7.20. The summed E-state index contributed by atoms with van der Waals surface area (Å²) in [5.41, 5.74) is 5.72. The van der Waals surface area contributed by atoms with Crippen molar-refractivity contribution in [1.82, 2.24) is 20.1 Å². The van der Waals surface area contributed by atoms with Gasteiger partial charge in [-0.05, 0) is 6.42 Å². The van der Waals surface area contributed by atoms with Gasteiger partial charge in [-0.2, -0.15) is 5.10 Å². The molecule has 1 rings (SSSR count). The Bertz CT molecular complexity index is 349. The maximum absolute atomic E-state index is 5.72. The predicted octanol–water partition coefficient (Wildman–Crippen LogP) is 1.42. The lowest BCUT2D eigenvalue weighted by Crippen LogP contribution is -2.32. The highest BCUT2D eigenvalue weighted by Gasteiger charge is 1.97. The molecule has 1 aromatic rings. The predicted molar refractivity (Wildman–Crippen MR) is 83.9 cm³/mol. The molecule has 0 saturated carbocycles. The number of unbranched alkanes of at least 4 members (excludes halogenated alkanes) is 3. The van der Waals surface area contributed by atoms with Gasteiger partial charge in [-0.15, -0.1) is 24.0 Å². The van der Waals surface area contributed by atoms with Crippen LogP contribution in [-0.2, 0) is 13.6 Å². The van der Waals surface area contributed by atoms with Crippen molar-refractivity contribution in [3.05, 3.63) is 12.2 Å². The van der Waals surface area contributed by atoms with Crippen molar-refractivity contribution in [3.63, 3.8) is 0 Å². The maximum Gasteiger partial charge on any atom is 0.189 e. The average molecular weight is 366 g/mol. The van der Waals surface area contributed by atoms with Gasteiger partial charge in [-0.1, -0.05) is 26.2 Å². The summed E-state index contributed by atoms with van der Waals surface area (Å²) in [6.45, 7) is 3.50. The van der Waals surface area contributed by atoms with Crippen molar-refractivity contribution in [3.8, 4) is 0 Å². The first kappa shape index (κ1) is 17.1. The summed E-state index contributed by atoms with van der Waals surface area (Å²) in [7, 11) is 1.83. The topological polar surface area (TPSA) is 81.1 Å². The van der Waals surface area contributed by atoms with Gasteiger partial charge in [0.2, 0.25) is 0 Å². The molecule has 6 nitrogen and oxygen atoms in total. The normalized spacial score (nSPS) is 11.1. The van der Waals surface area contributed by atoms with Crippen LogP contribution >= 0.6 is 24.0 Å². The van der Waals surface area contributed by atoms with Crippen LogP contribution in [0.2, 0.25) is 0 Å². The lowest BCUT2D eigenvalue weighted by atomic mass is 10.2. The van der Waals surface area contributed by atoms with Crippen LogP contribution in [0.25, 0.3) is 0 Å². The van der Waals surface area contributed by atoms with Gasteiger partial charge in [0, 0.05) is 13.6 Å². The van der Waals surface area contributed by atoms with Crippen LogP contribution in [0, 0.1) is 0 Å². The summed E-state index contributed by atoms with van der Waals surface area (Å²) in [6, 6.07) is 0. The molecular formula is C11H23IN6. The molecule has 18 heavy (non-hydrogen) atoms. The monoisotopic (exact) mass is 366 g/mol. The first-order chi connectivity index (χ1) is 8.22. The Morgan fingerprint density at radius 2 is 2.22 bits per heavy atom. The fourth-order valence-corrected chi connectivity index (χ4v) is 1.44. The molecule has 7 heteroatoms. The number of guanidine groups is 1. The van der Waals surface area contributed by atoms with Crippen molar-refractivity contribution in [1.29, 1.82) is 0 Å². The highest BCUT2D eigenvalue weighted by molar-refractivity contribution is 14.0. The minimum Gasteiger partial charge on any atom is -0.370 e. The molecule has 0 spiro atoms. The minimum atomic E-state index is 0. The molecule has 0 aliphatic heterocycles. The first-order valence-electron chi connectivity index (χ1n) is 6.10. The molecule has 0 radical (unpaired) electrons. The van der Waals surface area contributed by atoms with Crippen LogP contribution in [0.1, 0.15) is 38.4 Å². The molecule has 0 aliphatic rings. The summed E-state index contributed by atoms with van der Waals surface area (Å²) < 4.78 is 1.65. The van der Waals surface area contributed by atoms with E-state index in [2.05, 4.69) is 27.3 Å². The summed E-state index contributed by atoms with van der Waals surface area (Å²) in [5.74, 6) is 1.15. The third-order valence-corrected chi connectivity index (χ3v) is 2.37. The second-order valence-electron chi connectivity index (χ2n) is 4.02. The number of aliphatic imine (C=N–C) groups is 1. The van der Waals surface area contributed by atoms with Crippen molar-refractivity contribution in [2.75, 3.05) is 6.54 Å². The van der Waals surface area contributed by atoms with E-state index in [1.54, 1.807) is 11.0 Å². The molecule has 0 atom stereocenters. The zero-order chi connectivity index (χ0) is 12.5. The molecule has 104 valence electrons. The van der Waals surface area contributed by atoms with Crippen LogP contribution in [0.4, 0.5) is 0 Å². The molecule has 0 saturated heterocycles. The standard InChI is InChI=1S/C11H22N6.HI/c1-3-4-5-6-7-13-11(12)14-8-10-15-9-17(2)16-10;/h9H,3-8H2,1-2H3,(H3,12,13,14);1H. The Morgan fingerprint density at radius 3 is 2.83 bits per heavy atom. The third kappa shape index (κ3) is 7.46. The van der Waals surface area contributed by atoms with E-state index in [0.717, 1.165) is 13.0 Å². The largest absolute Gasteiger partial charge is 0.370 e. The number of aromatic nitrogens is 3. The Balaban J connectivity index is 0.00000289. The van der Waals surface area contributed by atoms with Gasteiger partial charge >= 0.3 is 0 Å². The van der Waals surface area contributed by atoms with Gasteiger partial charge in [-0.25, -0.2) is 9.98 Å². The van der Waals surface area contributed by atoms with E-state index in [-0.39, 0.29) is 24.0 Å². The van der Waals surface area contributed by atoms with Crippen LogP contribution < -0.4 is 11.1 Å². The highest BCUT2D eigenvalue weighted by Crippen LogP contribution is 1.96. The summed E-state index contributed by atoms with van der Waals surface area (Å²) >= 11 is 0. The second-order valence-corrected chi connectivity index (χ2v) is 4.02. The molecule has 3 N–H and O–H groups in total. The number of nitrogens with one attached hydrogen (secondary N) is 1. The van der Waals surface area contributed by atoms with Crippen molar-refractivity contribution >= 4 is 29.9 Å². The van der Waals surface area contributed by atoms with Crippen molar-refractivity contribution < 1.29 is 0 Å². The number of nitrogens with two attached hydrogens (primary N) is 1. The number of hydrogen-bond donors (Lipinski definition) is 2. The van der Waals surface area contributed by atoms with E-state index < -0.39 is 0 Å². The lowest BCUT2D eigenvalue weighted by Gasteiger charge is -2.04. The molecule has 0 aromatic carbocycles. The first-order valence-corrected chi connectivity index (χ1v) is 6.10. The molecule has 0 aliphatic carbocycles. The molecule has 0 amide bonds. The van der Waals surface area contributed by atoms with Crippen LogP contribution in [0.3, 0.4) is 0 Å². The van der Waals surface area contributed by atoms with E-state index in [4.69, 9.17) is 5.73 Å². The average Bonchev–Trinajstić information content (AvgIpc) is 2.72. The van der Waals surface area contributed by atoms with E-state index in [1.165, 1.54) is 19.3 Å². The van der Waals surface area contributed by atoms with Gasteiger partial charge in [0.1, 0.15) is 12.9 Å². The van der Waals surface area contributed by atoms with Crippen LogP contribution in [0.15, 0.2) is 11.3 Å². The van der Waals surface area contributed by atoms with E-state index in [9.17, 15) is 0 Å². The molecule has 0 fully saturated rings. The van der Waals surface area contributed by atoms with Crippen molar-refractivity contribution in [2.45, 2.75) is 39.2 Å². The quantitative estimate of drug-likeness (QED) is 0.331. The van der Waals surface area contributed by atoms with Gasteiger partial charge < -0.3 is 11.1 Å². The number of hydrogen-bond acceptors (Lipinski definition) is 3. The maximum atomic E-state index is 5.72. The number of nitrogens with zero attached hydrogens (tertiary/aromatic N) is 4. The van der Waals surface area contributed by atoms with Gasteiger partial charge in [-0.3, -0.25) is 4.68 Å². The zero-order valence-corrected chi connectivity index (χ0v) is 13.4. The van der Waals surface area contributed by atoms with E-state index in [0.29, 0.717) is 18.3 Å². The van der Waals surface area contributed by atoms with Crippen LogP contribution in [0.5, 0.6) is 0 Å². The van der Waals surface area contributed by atoms with E-state index >= 15 is 0 Å². The fraction of sp³-hybridized carbons (Fsp3) is 0.727. The molecular weight excluding hydrogens is 343 g/mol. The van der Waals surface area contributed by atoms with Gasteiger partial charge in [0.25, 0.3) is 0 Å². The smallest absolute Gasteiger partial charge is 0.189 e. The Hall–Kier alpha value is -0.860. The molecule has 1 aromatic heterocycles. The molecule has 1 heterocycles. The number of aryl methyl sites for hydroxylation is 1. The van der Waals surface area contributed by atoms with Crippen molar-refractivity contribution in [2.24, 2.45) is 17.8 Å². The summed E-state index contributed by atoms with van der Waals surface area (Å²) in [4.78, 5) is 8.24. The highest BCUT2D eigenvalue weighted by atomic mass is 127. The number of rotatable bonds is 7. The van der Waals surface area contributed by atoms with Gasteiger partial charge in [0.05, 0.1) is 0 Å². The van der Waals surface area contributed by atoms with E-state index in [1.807, 2.05) is 7.05 Å². The van der Waals surface area contributed by atoms with Crippen LogP contribution in [-0.4, -0.2) is 27.3 Å². The SMILES string of the molecule is CCCCCCNC(N)=NCc1ncn(C)n1.I. The number of halogens is 1. The minimum absolute atomic E-state index is 0. The Kier molecular flexibility index (Phi) is 9.62. The summed E-state index contributed by atoms with van der Waals surface area (Å²) in [6.07, 6.45) is 6.54. The third-order valence-electron chi connectivity index (χ3n) is 2.37. The Morgan fingerprint density at radius 1 is 1.44 bits per heavy atom. The fourth-order valence-electron chi connectivity index (χ4n) is 1.44. The molecule has 0 bridgehead atoms. The van der Waals surface area contributed by atoms with Gasteiger partial charge in [0.15, 0.2) is 11.8 Å². The lowest BCUT2D eigenvalue weighted by molar-refractivity contribution is 0.652.